The normalized spacial score (nSPS) is 12.2. The van der Waals surface area contributed by atoms with Gasteiger partial charge in [-0.1, -0.05) is 19.8 Å². The number of unbranched alkanes of at least 4 members (excludes halogenated alkanes) is 1. The van der Waals surface area contributed by atoms with Crippen molar-refractivity contribution in [1.82, 2.24) is 5.32 Å². The minimum atomic E-state index is -0.579. The molecule has 0 saturated carbocycles. The zero-order chi connectivity index (χ0) is 12.8. The topological polar surface area (TPSA) is 55.1 Å². The lowest BCUT2D eigenvalue weighted by molar-refractivity contribution is 0.0934. The summed E-state index contributed by atoms with van der Waals surface area (Å²) in [5.74, 6) is -0.962. The molecule has 0 spiro atoms. The van der Waals surface area contributed by atoms with Gasteiger partial charge in [-0.15, -0.1) is 0 Å². The number of carbonyl (C=O) groups excluding carboxylic acids is 1. The Hall–Kier alpha value is -1.58. The van der Waals surface area contributed by atoms with E-state index in [9.17, 15) is 9.18 Å². The molecule has 1 aromatic carbocycles. The van der Waals surface area contributed by atoms with E-state index in [-0.39, 0.29) is 17.5 Å². The molecule has 0 heterocycles. The van der Waals surface area contributed by atoms with E-state index in [1.807, 2.05) is 6.92 Å². The van der Waals surface area contributed by atoms with Gasteiger partial charge in [-0.3, -0.25) is 4.79 Å². The summed E-state index contributed by atoms with van der Waals surface area (Å²) in [7, 11) is 0. The predicted molar refractivity (Wildman–Crippen MR) is 67.3 cm³/mol. The SMILES string of the molecule is CCCCC(C)NC(=O)c1ccc(N)cc1F. The first-order valence-corrected chi connectivity index (χ1v) is 5.90. The monoisotopic (exact) mass is 238 g/mol. The molecule has 0 aliphatic rings. The molecular formula is C13H19FN2O. The third-order valence-corrected chi connectivity index (χ3v) is 2.61. The molecule has 3 nitrogen and oxygen atoms in total. The number of hydrogen-bond acceptors (Lipinski definition) is 2. The van der Waals surface area contributed by atoms with E-state index in [2.05, 4.69) is 12.2 Å². The van der Waals surface area contributed by atoms with Crippen LogP contribution >= 0.6 is 0 Å². The van der Waals surface area contributed by atoms with Crippen molar-refractivity contribution in [1.29, 1.82) is 0 Å². The van der Waals surface area contributed by atoms with Crippen molar-refractivity contribution >= 4 is 11.6 Å². The Morgan fingerprint density at radius 1 is 1.53 bits per heavy atom. The second kappa shape index (κ2) is 6.23. The van der Waals surface area contributed by atoms with Crippen molar-refractivity contribution in [2.24, 2.45) is 0 Å². The van der Waals surface area contributed by atoms with Crippen LogP contribution in [0.15, 0.2) is 18.2 Å². The third-order valence-electron chi connectivity index (χ3n) is 2.61. The highest BCUT2D eigenvalue weighted by Gasteiger charge is 2.13. The Morgan fingerprint density at radius 3 is 2.82 bits per heavy atom. The molecule has 0 aromatic heterocycles. The molecule has 0 radical (unpaired) electrons. The van der Waals surface area contributed by atoms with Crippen molar-refractivity contribution in [3.05, 3.63) is 29.6 Å². The first kappa shape index (κ1) is 13.5. The third kappa shape index (κ3) is 4.06. The van der Waals surface area contributed by atoms with Crippen LogP contribution in [0.25, 0.3) is 0 Å². The second-order valence-electron chi connectivity index (χ2n) is 4.26. The van der Waals surface area contributed by atoms with Crippen molar-refractivity contribution in [2.45, 2.75) is 39.2 Å². The lowest BCUT2D eigenvalue weighted by Gasteiger charge is -2.13. The molecular weight excluding hydrogens is 219 g/mol. The van der Waals surface area contributed by atoms with Gasteiger partial charge in [0.2, 0.25) is 0 Å². The summed E-state index contributed by atoms with van der Waals surface area (Å²) in [4.78, 5) is 11.8. The minimum Gasteiger partial charge on any atom is -0.399 e. The molecule has 1 atom stereocenters. The summed E-state index contributed by atoms with van der Waals surface area (Å²) in [6.07, 6.45) is 3.03. The summed E-state index contributed by atoms with van der Waals surface area (Å²) in [6.45, 7) is 4.01. The molecule has 1 aromatic rings. The van der Waals surface area contributed by atoms with E-state index in [4.69, 9.17) is 5.73 Å². The Labute approximate surface area is 101 Å². The van der Waals surface area contributed by atoms with Crippen LogP contribution in [0.4, 0.5) is 10.1 Å². The number of nitrogens with two attached hydrogens (primary N) is 1. The van der Waals surface area contributed by atoms with Gasteiger partial charge >= 0.3 is 0 Å². The summed E-state index contributed by atoms with van der Waals surface area (Å²) in [6, 6.07) is 4.15. The summed E-state index contributed by atoms with van der Waals surface area (Å²) >= 11 is 0. The van der Waals surface area contributed by atoms with E-state index < -0.39 is 5.82 Å². The number of rotatable bonds is 5. The number of carbonyl (C=O) groups is 1. The van der Waals surface area contributed by atoms with Crippen molar-refractivity contribution in [3.8, 4) is 0 Å². The zero-order valence-electron chi connectivity index (χ0n) is 10.3. The van der Waals surface area contributed by atoms with Crippen LogP contribution < -0.4 is 11.1 Å². The van der Waals surface area contributed by atoms with Gasteiger partial charge in [-0.25, -0.2) is 4.39 Å². The molecule has 0 saturated heterocycles. The molecule has 0 fully saturated rings. The van der Waals surface area contributed by atoms with Gasteiger partial charge in [0.05, 0.1) is 5.56 Å². The van der Waals surface area contributed by atoms with Crippen LogP contribution in [-0.2, 0) is 0 Å². The second-order valence-corrected chi connectivity index (χ2v) is 4.26. The van der Waals surface area contributed by atoms with Crippen molar-refractivity contribution < 1.29 is 9.18 Å². The van der Waals surface area contributed by atoms with Crippen LogP contribution in [-0.4, -0.2) is 11.9 Å². The van der Waals surface area contributed by atoms with Gasteiger partial charge in [0, 0.05) is 11.7 Å². The average Bonchev–Trinajstić information content (AvgIpc) is 2.26. The number of hydrogen-bond donors (Lipinski definition) is 2. The number of anilines is 1. The molecule has 4 heteroatoms. The fourth-order valence-electron chi connectivity index (χ4n) is 1.60. The van der Waals surface area contributed by atoms with Gasteiger partial charge in [-0.2, -0.15) is 0 Å². The number of halogens is 1. The number of nitrogens with one attached hydrogen (secondary N) is 1. The molecule has 1 unspecified atom stereocenters. The lowest BCUT2D eigenvalue weighted by Crippen LogP contribution is -2.33. The maximum atomic E-state index is 13.5. The summed E-state index contributed by atoms with van der Waals surface area (Å²) in [5.41, 5.74) is 5.78. The van der Waals surface area contributed by atoms with E-state index in [1.54, 1.807) is 0 Å². The van der Waals surface area contributed by atoms with Crippen molar-refractivity contribution in [2.75, 3.05) is 5.73 Å². The largest absolute Gasteiger partial charge is 0.399 e. The van der Waals surface area contributed by atoms with E-state index >= 15 is 0 Å². The molecule has 0 aliphatic carbocycles. The smallest absolute Gasteiger partial charge is 0.254 e. The van der Waals surface area contributed by atoms with Gasteiger partial charge < -0.3 is 11.1 Å². The highest BCUT2D eigenvalue weighted by Crippen LogP contribution is 2.12. The van der Waals surface area contributed by atoms with Gasteiger partial charge in [-0.05, 0) is 31.5 Å². The quantitative estimate of drug-likeness (QED) is 0.775. The minimum absolute atomic E-state index is 0.0440. The molecule has 1 rings (SSSR count). The Balaban J connectivity index is 2.63. The van der Waals surface area contributed by atoms with Crippen LogP contribution in [0.5, 0.6) is 0 Å². The number of benzene rings is 1. The highest BCUT2D eigenvalue weighted by atomic mass is 19.1. The fraction of sp³-hybridized carbons (Fsp3) is 0.462. The van der Waals surface area contributed by atoms with Crippen LogP contribution in [0.2, 0.25) is 0 Å². The van der Waals surface area contributed by atoms with E-state index in [1.165, 1.54) is 12.1 Å². The first-order chi connectivity index (χ1) is 8.04. The Bertz CT molecular complexity index is 393. The summed E-state index contributed by atoms with van der Waals surface area (Å²) < 4.78 is 13.5. The molecule has 3 N–H and O–H groups in total. The van der Waals surface area contributed by atoms with Crippen LogP contribution in [0.3, 0.4) is 0 Å². The molecule has 1 amide bonds. The van der Waals surface area contributed by atoms with E-state index in [0.717, 1.165) is 25.3 Å². The molecule has 17 heavy (non-hydrogen) atoms. The first-order valence-electron chi connectivity index (χ1n) is 5.90. The number of nitrogen functional groups attached to an aromatic ring is 1. The molecule has 94 valence electrons. The van der Waals surface area contributed by atoms with Gasteiger partial charge in [0.1, 0.15) is 5.82 Å². The maximum Gasteiger partial charge on any atom is 0.254 e. The molecule has 0 aliphatic heterocycles. The van der Waals surface area contributed by atoms with Crippen molar-refractivity contribution in [3.63, 3.8) is 0 Å². The lowest BCUT2D eigenvalue weighted by atomic mass is 10.1. The Morgan fingerprint density at radius 2 is 2.24 bits per heavy atom. The van der Waals surface area contributed by atoms with Gasteiger partial charge in [0.25, 0.3) is 5.91 Å². The standard InChI is InChI=1S/C13H19FN2O/c1-3-4-5-9(2)16-13(17)11-7-6-10(15)8-12(11)14/h6-9H,3-5,15H2,1-2H3,(H,16,17). The van der Waals surface area contributed by atoms with Crippen LogP contribution in [0.1, 0.15) is 43.5 Å². The fourth-order valence-corrected chi connectivity index (χ4v) is 1.60. The van der Waals surface area contributed by atoms with Gasteiger partial charge in [0.15, 0.2) is 0 Å². The summed E-state index contributed by atoms with van der Waals surface area (Å²) in [5, 5.41) is 2.77. The maximum absolute atomic E-state index is 13.5. The average molecular weight is 238 g/mol. The van der Waals surface area contributed by atoms with Crippen LogP contribution in [0, 0.1) is 5.82 Å². The Kier molecular flexibility index (Phi) is 4.94. The molecule has 0 bridgehead atoms. The number of amides is 1. The predicted octanol–water partition coefficient (Wildman–Crippen LogP) is 2.72. The highest BCUT2D eigenvalue weighted by molar-refractivity contribution is 5.94. The zero-order valence-corrected chi connectivity index (χ0v) is 10.3. The van der Waals surface area contributed by atoms with E-state index in [0.29, 0.717) is 5.69 Å².